The van der Waals surface area contributed by atoms with E-state index in [9.17, 15) is 13.2 Å². The van der Waals surface area contributed by atoms with Crippen LogP contribution in [0.15, 0.2) is 53.4 Å². The summed E-state index contributed by atoms with van der Waals surface area (Å²) in [5.74, 6) is -0.319. The van der Waals surface area contributed by atoms with Crippen LogP contribution in [0.3, 0.4) is 0 Å². The van der Waals surface area contributed by atoms with Crippen LogP contribution in [0.4, 0.5) is 5.69 Å². The standard InChI is InChI=1S/C17H19ClN2O3S/c1-12(13-6-5-7-14(18)10-13)19-11-17(21)20-15-8-3-4-9-16(15)24(2,22)23/h3-10,12,19H,11H2,1-2H3,(H,20,21)/t12-/m1/s1. The minimum absolute atomic E-state index is 0.0474. The maximum atomic E-state index is 12.1. The maximum Gasteiger partial charge on any atom is 0.238 e. The van der Waals surface area contributed by atoms with Crippen molar-refractivity contribution in [2.24, 2.45) is 0 Å². The second kappa shape index (κ2) is 7.79. The van der Waals surface area contributed by atoms with E-state index in [1.165, 1.54) is 6.07 Å². The van der Waals surface area contributed by atoms with Crippen LogP contribution in [-0.4, -0.2) is 27.1 Å². The highest BCUT2D eigenvalue weighted by Gasteiger charge is 2.15. The van der Waals surface area contributed by atoms with E-state index in [0.29, 0.717) is 5.02 Å². The van der Waals surface area contributed by atoms with Crippen molar-refractivity contribution in [3.63, 3.8) is 0 Å². The molecule has 0 heterocycles. The maximum absolute atomic E-state index is 12.1. The lowest BCUT2D eigenvalue weighted by Gasteiger charge is -2.15. The molecule has 24 heavy (non-hydrogen) atoms. The third-order valence-corrected chi connectivity index (χ3v) is 4.87. The van der Waals surface area contributed by atoms with E-state index in [0.717, 1.165) is 11.8 Å². The van der Waals surface area contributed by atoms with E-state index in [1.54, 1.807) is 24.3 Å². The van der Waals surface area contributed by atoms with Crippen LogP contribution in [0, 0.1) is 0 Å². The van der Waals surface area contributed by atoms with Gasteiger partial charge in [0.25, 0.3) is 0 Å². The molecule has 0 spiro atoms. The van der Waals surface area contributed by atoms with E-state index >= 15 is 0 Å². The smallest absolute Gasteiger partial charge is 0.238 e. The molecule has 0 bridgehead atoms. The van der Waals surface area contributed by atoms with E-state index in [-0.39, 0.29) is 29.1 Å². The van der Waals surface area contributed by atoms with Crippen molar-refractivity contribution < 1.29 is 13.2 Å². The lowest BCUT2D eigenvalue weighted by atomic mass is 10.1. The highest BCUT2D eigenvalue weighted by Crippen LogP contribution is 2.20. The van der Waals surface area contributed by atoms with Gasteiger partial charge in [-0.1, -0.05) is 35.9 Å². The van der Waals surface area contributed by atoms with Crippen molar-refractivity contribution in [1.82, 2.24) is 5.32 Å². The van der Waals surface area contributed by atoms with Gasteiger partial charge in [-0.3, -0.25) is 4.79 Å². The van der Waals surface area contributed by atoms with Crippen molar-refractivity contribution in [3.05, 3.63) is 59.1 Å². The molecule has 0 unspecified atom stereocenters. The SMILES string of the molecule is C[C@@H](NCC(=O)Nc1ccccc1S(C)(=O)=O)c1cccc(Cl)c1. The van der Waals surface area contributed by atoms with Crippen LogP contribution in [-0.2, 0) is 14.6 Å². The first kappa shape index (κ1) is 18.4. The van der Waals surface area contributed by atoms with Crippen molar-refractivity contribution in [2.75, 3.05) is 18.1 Å². The number of carbonyl (C=O) groups is 1. The summed E-state index contributed by atoms with van der Waals surface area (Å²) in [6.45, 7) is 1.97. The van der Waals surface area contributed by atoms with Gasteiger partial charge < -0.3 is 10.6 Å². The number of nitrogens with one attached hydrogen (secondary N) is 2. The van der Waals surface area contributed by atoms with Gasteiger partial charge in [0.15, 0.2) is 9.84 Å². The number of amides is 1. The van der Waals surface area contributed by atoms with Crippen molar-refractivity contribution >= 4 is 33.0 Å². The molecule has 0 aliphatic rings. The summed E-state index contributed by atoms with van der Waals surface area (Å²) in [6, 6.07) is 13.6. The van der Waals surface area contributed by atoms with Crippen LogP contribution >= 0.6 is 11.6 Å². The molecule has 1 atom stereocenters. The van der Waals surface area contributed by atoms with Gasteiger partial charge in [-0.25, -0.2) is 8.42 Å². The fraction of sp³-hybridized carbons (Fsp3) is 0.235. The molecule has 1 amide bonds. The predicted molar refractivity (Wildman–Crippen MR) is 96.1 cm³/mol. The Morgan fingerprint density at radius 1 is 1.17 bits per heavy atom. The highest BCUT2D eigenvalue weighted by atomic mass is 35.5. The number of rotatable bonds is 6. The van der Waals surface area contributed by atoms with Gasteiger partial charge in [0, 0.05) is 17.3 Å². The molecule has 0 fully saturated rings. The molecule has 0 saturated carbocycles. The number of benzene rings is 2. The Kier molecular flexibility index (Phi) is 5.99. The fourth-order valence-electron chi connectivity index (χ4n) is 2.23. The zero-order valence-electron chi connectivity index (χ0n) is 13.4. The number of para-hydroxylation sites is 1. The van der Waals surface area contributed by atoms with E-state index in [2.05, 4.69) is 10.6 Å². The summed E-state index contributed by atoms with van der Waals surface area (Å²) in [5, 5.41) is 6.34. The van der Waals surface area contributed by atoms with Gasteiger partial charge in [0.2, 0.25) is 5.91 Å². The zero-order valence-corrected chi connectivity index (χ0v) is 15.0. The van der Waals surface area contributed by atoms with Gasteiger partial charge in [0.1, 0.15) is 0 Å². The minimum Gasteiger partial charge on any atom is -0.324 e. The van der Waals surface area contributed by atoms with Gasteiger partial charge in [-0.2, -0.15) is 0 Å². The number of halogens is 1. The third-order valence-electron chi connectivity index (χ3n) is 3.48. The lowest BCUT2D eigenvalue weighted by molar-refractivity contribution is -0.115. The Bertz CT molecular complexity index is 837. The molecule has 5 nitrogen and oxygen atoms in total. The highest BCUT2D eigenvalue weighted by molar-refractivity contribution is 7.90. The first-order chi connectivity index (χ1) is 11.3. The van der Waals surface area contributed by atoms with Crippen molar-refractivity contribution in [1.29, 1.82) is 0 Å². The molecule has 0 aliphatic heterocycles. The molecule has 0 radical (unpaired) electrons. The summed E-state index contributed by atoms with van der Waals surface area (Å²) >= 11 is 5.96. The van der Waals surface area contributed by atoms with Gasteiger partial charge in [0.05, 0.1) is 17.1 Å². The Morgan fingerprint density at radius 3 is 2.54 bits per heavy atom. The number of hydrogen-bond donors (Lipinski definition) is 2. The first-order valence-corrected chi connectivity index (χ1v) is 9.62. The largest absolute Gasteiger partial charge is 0.324 e. The topological polar surface area (TPSA) is 75.3 Å². The lowest BCUT2D eigenvalue weighted by Crippen LogP contribution is -2.30. The zero-order chi connectivity index (χ0) is 17.7. The molecule has 2 aromatic rings. The fourth-order valence-corrected chi connectivity index (χ4v) is 3.27. The number of carbonyl (C=O) groups excluding carboxylic acids is 1. The molecule has 0 aliphatic carbocycles. The Hall–Kier alpha value is -1.89. The van der Waals surface area contributed by atoms with Crippen LogP contribution < -0.4 is 10.6 Å². The van der Waals surface area contributed by atoms with E-state index in [4.69, 9.17) is 11.6 Å². The van der Waals surface area contributed by atoms with Crippen LogP contribution in [0.25, 0.3) is 0 Å². The molecular weight excluding hydrogens is 348 g/mol. The Morgan fingerprint density at radius 2 is 1.88 bits per heavy atom. The monoisotopic (exact) mass is 366 g/mol. The van der Waals surface area contributed by atoms with E-state index < -0.39 is 9.84 Å². The quantitative estimate of drug-likeness (QED) is 0.824. The molecule has 7 heteroatoms. The normalized spacial score (nSPS) is 12.6. The van der Waals surface area contributed by atoms with E-state index in [1.807, 2.05) is 25.1 Å². The average Bonchev–Trinajstić information content (AvgIpc) is 2.52. The van der Waals surface area contributed by atoms with Gasteiger partial charge in [-0.05, 0) is 36.8 Å². The summed E-state index contributed by atoms with van der Waals surface area (Å²) in [4.78, 5) is 12.2. The summed E-state index contributed by atoms with van der Waals surface area (Å²) in [5.41, 5.74) is 1.24. The number of sulfone groups is 1. The third kappa shape index (κ3) is 5.06. The minimum atomic E-state index is -3.41. The first-order valence-electron chi connectivity index (χ1n) is 7.35. The van der Waals surface area contributed by atoms with Crippen molar-refractivity contribution in [2.45, 2.75) is 17.9 Å². The Balaban J connectivity index is 2.00. The number of hydrogen-bond acceptors (Lipinski definition) is 4. The predicted octanol–water partition coefficient (Wildman–Crippen LogP) is 3.03. The molecule has 0 aromatic heterocycles. The summed E-state index contributed by atoms with van der Waals surface area (Å²) in [6.07, 6.45) is 1.11. The number of anilines is 1. The summed E-state index contributed by atoms with van der Waals surface area (Å²) < 4.78 is 23.5. The molecule has 2 N–H and O–H groups in total. The molecule has 128 valence electrons. The van der Waals surface area contributed by atoms with Gasteiger partial charge >= 0.3 is 0 Å². The van der Waals surface area contributed by atoms with Crippen molar-refractivity contribution in [3.8, 4) is 0 Å². The molecular formula is C17H19ClN2O3S. The molecule has 2 aromatic carbocycles. The Labute approximate surface area is 147 Å². The molecule has 0 saturated heterocycles. The second-order valence-corrected chi connectivity index (χ2v) is 7.89. The van der Waals surface area contributed by atoms with Crippen LogP contribution in [0.5, 0.6) is 0 Å². The average molecular weight is 367 g/mol. The summed E-state index contributed by atoms with van der Waals surface area (Å²) in [7, 11) is -3.41. The van der Waals surface area contributed by atoms with Crippen LogP contribution in [0.1, 0.15) is 18.5 Å². The second-order valence-electron chi connectivity index (χ2n) is 5.47. The van der Waals surface area contributed by atoms with Gasteiger partial charge in [-0.15, -0.1) is 0 Å². The van der Waals surface area contributed by atoms with Crippen LogP contribution in [0.2, 0.25) is 5.02 Å². The molecule has 2 rings (SSSR count).